The van der Waals surface area contributed by atoms with Crippen LogP contribution >= 0.6 is 0 Å². The van der Waals surface area contributed by atoms with Gasteiger partial charge in [0.2, 0.25) is 0 Å². The minimum Gasteiger partial charge on any atom is -0.288 e. The Morgan fingerprint density at radius 2 is 2.00 bits per heavy atom. The molecule has 78 valence electrons. The van der Waals surface area contributed by atoms with Crippen molar-refractivity contribution in [3.8, 4) is 0 Å². The Morgan fingerprint density at radius 3 is 2.57 bits per heavy atom. The molecule has 3 N–H and O–H groups in total. The van der Waals surface area contributed by atoms with E-state index in [9.17, 15) is 0 Å². The molecular formula is C11H19N3. The molecule has 0 fully saturated rings. The molecule has 0 unspecified atom stereocenters. The zero-order valence-electron chi connectivity index (χ0n) is 9.17. The van der Waals surface area contributed by atoms with Crippen molar-refractivity contribution in [2.24, 2.45) is 5.84 Å². The van der Waals surface area contributed by atoms with Crippen LogP contribution in [0.3, 0.4) is 0 Å². The Kier molecular flexibility index (Phi) is 4.07. The van der Waals surface area contributed by atoms with Crippen LogP contribution in [0.4, 0.5) is 0 Å². The molecule has 0 aromatic heterocycles. The van der Waals surface area contributed by atoms with Gasteiger partial charge < -0.3 is 0 Å². The lowest BCUT2D eigenvalue weighted by atomic mass is 10.1. The number of rotatable bonds is 4. The van der Waals surface area contributed by atoms with Crippen molar-refractivity contribution >= 4 is 0 Å². The van der Waals surface area contributed by atoms with Crippen LogP contribution in [0.15, 0.2) is 18.2 Å². The standard InChI is InChI=1S/C11H19N3/c1-9-4-5-11(6-10(9)2)7-14(3)8-13-12/h4-6,13H,7-8,12H2,1-3H3. The van der Waals surface area contributed by atoms with Crippen LogP contribution in [0.25, 0.3) is 0 Å². The van der Waals surface area contributed by atoms with Crippen molar-refractivity contribution in [2.45, 2.75) is 20.4 Å². The highest BCUT2D eigenvalue weighted by atomic mass is 15.3. The first-order valence-corrected chi connectivity index (χ1v) is 4.81. The number of hydrogen-bond donors (Lipinski definition) is 2. The van der Waals surface area contributed by atoms with E-state index in [0.29, 0.717) is 6.67 Å². The first-order chi connectivity index (χ1) is 6.63. The lowest BCUT2D eigenvalue weighted by Crippen LogP contribution is -2.35. The van der Waals surface area contributed by atoms with Gasteiger partial charge in [0, 0.05) is 6.54 Å². The Bertz CT molecular complexity index is 297. The molecule has 14 heavy (non-hydrogen) atoms. The van der Waals surface area contributed by atoms with Crippen molar-refractivity contribution in [3.05, 3.63) is 34.9 Å². The Balaban J connectivity index is 2.63. The monoisotopic (exact) mass is 193 g/mol. The third kappa shape index (κ3) is 3.10. The minimum atomic E-state index is 0.701. The molecule has 1 aromatic carbocycles. The van der Waals surface area contributed by atoms with Crippen molar-refractivity contribution in [1.82, 2.24) is 10.3 Å². The highest BCUT2D eigenvalue weighted by Gasteiger charge is 2.00. The van der Waals surface area contributed by atoms with Gasteiger partial charge >= 0.3 is 0 Å². The highest BCUT2D eigenvalue weighted by molar-refractivity contribution is 5.29. The fraction of sp³-hybridized carbons (Fsp3) is 0.455. The molecule has 1 rings (SSSR count). The summed E-state index contributed by atoms with van der Waals surface area (Å²) in [6.45, 7) is 5.89. The van der Waals surface area contributed by atoms with E-state index in [4.69, 9.17) is 5.84 Å². The molecule has 0 aliphatic rings. The predicted molar refractivity (Wildman–Crippen MR) is 59.6 cm³/mol. The van der Waals surface area contributed by atoms with Gasteiger partial charge in [-0.15, -0.1) is 0 Å². The van der Waals surface area contributed by atoms with Gasteiger partial charge in [-0.3, -0.25) is 10.7 Å². The maximum Gasteiger partial charge on any atom is 0.0612 e. The lowest BCUT2D eigenvalue weighted by Gasteiger charge is -2.16. The first-order valence-electron chi connectivity index (χ1n) is 4.81. The summed E-state index contributed by atoms with van der Waals surface area (Å²) >= 11 is 0. The Morgan fingerprint density at radius 1 is 1.29 bits per heavy atom. The van der Waals surface area contributed by atoms with E-state index < -0.39 is 0 Å². The maximum atomic E-state index is 5.25. The van der Waals surface area contributed by atoms with E-state index in [1.54, 1.807) is 0 Å². The molecule has 0 amide bonds. The van der Waals surface area contributed by atoms with Gasteiger partial charge in [-0.2, -0.15) is 0 Å². The van der Waals surface area contributed by atoms with Gasteiger partial charge in [-0.1, -0.05) is 18.2 Å². The van der Waals surface area contributed by atoms with E-state index >= 15 is 0 Å². The molecule has 3 nitrogen and oxygen atoms in total. The predicted octanol–water partition coefficient (Wildman–Crippen LogP) is 1.16. The molecule has 0 atom stereocenters. The molecule has 0 radical (unpaired) electrons. The van der Waals surface area contributed by atoms with E-state index in [1.165, 1.54) is 16.7 Å². The second kappa shape index (κ2) is 5.10. The van der Waals surface area contributed by atoms with Gasteiger partial charge in [0.1, 0.15) is 0 Å². The molecule has 0 spiro atoms. The number of benzene rings is 1. The Labute approximate surface area is 85.9 Å². The van der Waals surface area contributed by atoms with Gasteiger partial charge in [0.05, 0.1) is 6.67 Å². The third-order valence-electron chi connectivity index (χ3n) is 2.39. The molecule has 0 bridgehead atoms. The molecule has 3 heteroatoms. The molecule has 0 saturated heterocycles. The van der Waals surface area contributed by atoms with E-state index in [2.05, 4.69) is 42.4 Å². The van der Waals surface area contributed by atoms with Crippen LogP contribution in [0.1, 0.15) is 16.7 Å². The largest absolute Gasteiger partial charge is 0.288 e. The molecular weight excluding hydrogens is 174 g/mol. The quantitative estimate of drug-likeness (QED) is 0.428. The van der Waals surface area contributed by atoms with Crippen molar-refractivity contribution < 1.29 is 0 Å². The lowest BCUT2D eigenvalue weighted by molar-refractivity contribution is 0.301. The molecule has 0 saturated carbocycles. The molecule has 0 aliphatic heterocycles. The molecule has 1 aromatic rings. The summed E-state index contributed by atoms with van der Waals surface area (Å²) in [5.74, 6) is 5.25. The number of nitrogens with one attached hydrogen (secondary N) is 1. The fourth-order valence-corrected chi connectivity index (χ4v) is 1.43. The summed E-state index contributed by atoms with van der Waals surface area (Å²) in [6, 6.07) is 6.55. The number of hydrazine groups is 1. The summed E-state index contributed by atoms with van der Waals surface area (Å²) < 4.78 is 0. The summed E-state index contributed by atoms with van der Waals surface area (Å²) in [5.41, 5.74) is 6.65. The fourth-order valence-electron chi connectivity index (χ4n) is 1.43. The third-order valence-corrected chi connectivity index (χ3v) is 2.39. The zero-order valence-corrected chi connectivity index (χ0v) is 9.17. The Hall–Kier alpha value is -0.900. The van der Waals surface area contributed by atoms with Crippen LogP contribution in [-0.2, 0) is 6.54 Å². The average Bonchev–Trinajstić information content (AvgIpc) is 2.12. The van der Waals surface area contributed by atoms with Crippen LogP contribution in [-0.4, -0.2) is 18.6 Å². The van der Waals surface area contributed by atoms with E-state index in [1.807, 2.05) is 7.05 Å². The SMILES string of the molecule is Cc1ccc(CN(C)CNN)cc1C. The van der Waals surface area contributed by atoms with Gasteiger partial charge in [-0.05, 0) is 37.6 Å². The van der Waals surface area contributed by atoms with Gasteiger partial charge in [0.25, 0.3) is 0 Å². The smallest absolute Gasteiger partial charge is 0.0612 e. The number of nitrogens with zero attached hydrogens (tertiary/aromatic N) is 1. The normalized spacial score (nSPS) is 10.9. The van der Waals surface area contributed by atoms with Gasteiger partial charge in [-0.25, -0.2) is 5.43 Å². The molecule has 0 aliphatic carbocycles. The van der Waals surface area contributed by atoms with Gasteiger partial charge in [0.15, 0.2) is 0 Å². The van der Waals surface area contributed by atoms with Crippen LogP contribution in [0.2, 0.25) is 0 Å². The summed E-state index contributed by atoms with van der Waals surface area (Å²) in [4.78, 5) is 2.13. The van der Waals surface area contributed by atoms with E-state index in [-0.39, 0.29) is 0 Å². The second-order valence-corrected chi connectivity index (χ2v) is 3.80. The summed E-state index contributed by atoms with van der Waals surface area (Å²) in [6.07, 6.45) is 0. The van der Waals surface area contributed by atoms with Crippen molar-refractivity contribution in [1.29, 1.82) is 0 Å². The van der Waals surface area contributed by atoms with E-state index in [0.717, 1.165) is 6.54 Å². The first kappa shape index (κ1) is 11.2. The van der Waals surface area contributed by atoms with Crippen LogP contribution < -0.4 is 11.3 Å². The van der Waals surface area contributed by atoms with Crippen LogP contribution in [0.5, 0.6) is 0 Å². The minimum absolute atomic E-state index is 0.701. The topological polar surface area (TPSA) is 41.3 Å². The second-order valence-electron chi connectivity index (χ2n) is 3.80. The number of aryl methyl sites for hydroxylation is 2. The number of hydrogen-bond acceptors (Lipinski definition) is 3. The zero-order chi connectivity index (χ0) is 10.6. The van der Waals surface area contributed by atoms with Crippen molar-refractivity contribution in [3.63, 3.8) is 0 Å². The summed E-state index contributed by atoms with van der Waals surface area (Å²) in [7, 11) is 2.04. The van der Waals surface area contributed by atoms with Crippen LogP contribution in [0, 0.1) is 13.8 Å². The van der Waals surface area contributed by atoms with Crippen molar-refractivity contribution in [2.75, 3.05) is 13.7 Å². The average molecular weight is 193 g/mol. The molecule has 0 heterocycles. The number of nitrogens with two attached hydrogens (primary N) is 1. The maximum absolute atomic E-state index is 5.25. The summed E-state index contributed by atoms with van der Waals surface area (Å²) in [5, 5.41) is 0. The highest BCUT2D eigenvalue weighted by Crippen LogP contribution is 2.10.